The second-order valence-corrected chi connectivity index (χ2v) is 5.05. The molecule has 2 aromatic rings. The zero-order chi connectivity index (χ0) is 13.1. The second-order valence-electron chi connectivity index (χ2n) is 4.21. The fourth-order valence-corrected chi connectivity index (χ4v) is 2.45. The van der Waals surface area contributed by atoms with Crippen molar-refractivity contribution in [2.45, 2.75) is 12.5 Å². The third-order valence-corrected chi connectivity index (χ3v) is 3.59. The molecule has 0 aliphatic rings. The van der Waals surface area contributed by atoms with E-state index in [0.717, 1.165) is 17.7 Å². The molecule has 0 saturated heterocycles. The molecule has 0 bridgehead atoms. The first-order valence-electron chi connectivity index (χ1n) is 5.69. The van der Waals surface area contributed by atoms with Crippen LogP contribution >= 0.6 is 23.2 Å². The van der Waals surface area contributed by atoms with Crippen LogP contribution < -0.4 is 5.32 Å². The van der Waals surface area contributed by atoms with Crippen molar-refractivity contribution in [2.75, 3.05) is 7.05 Å². The Morgan fingerprint density at radius 1 is 1.39 bits per heavy atom. The molecule has 0 amide bonds. The molecule has 96 valence electrons. The van der Waals surface area contributed by atoms with Gasteiger partial charge in [0.05, 0.1) is 18.1 Å². The van der Waals surface area contributed by atoms with Crippen LogP contribution in [0.5, 0.6) is 0 Å². The standard InChI is InChI=1S/C13H15Cl2N3/c1-16-12(13-7-17-8-18(13)2)5-9-3-4-10(14)6-11(9)15/h3-4,6-8,12,16H,5H2,1-2H3. The maximum atomic E-state index is 6.20. The number of aryl methyl sites for hydroxylation is 1. The molecule has 0 aliphatic carbocycles. The van der Waals surface area contributed by atoms with E-state index in [1.165, 1.54) is 0 Å². The number of halogens is 2. The van der Waals surface area contributed by atoms with Gasteiger partial charge in [0.25, 0.3) is 0 Å². The maximum Gasteiger partial charge on any atom is 0.0946 e. The van der Waals surface area contributed by atoms with Crippen LogP contribution in [0.15, 0.2) is 30.7 Å². The van der Waals surface area contributed by atoms with Gasteiger partial charge in [0.1, 0.15) is 0 Å². The summed E-state index contributed by atoms with van der Waals surface area (Å²) >= 11 is 12.1. The Balaban J connectivity index is 2.23. The van der Waals surface area contributed by atoms with Gasteiger partial charge in [-0.15, -0.1) is 0 Å². The Labute approximate surface area is 117 Å². The van der Waals surface area contributed by atoms with Crippen LogP contribution in [-0.2, 0) is 13.5 Å². The minimum Gasteiger partial charge on any atom is -0.336 e. The van der Waals surface area contributed by atoms with Gasteiger partial charge in [0.2, 0.25) is 0 Å². The number of imidazole rings is 1. The summed E-state index contributed by atoms with van der Waals surface area (Å²) in [5.41, 5.74) is 2.20. The van der Waals surface area contributed by atoms with Crippen molar-refractivity contribution in [2.24, 2.45) is 7.05 Å². The van der Waals surface area contributed by atoms with E-state index in [1.54, 1.807) is 12.4 Å². The molecule has 1 unspecified atom stereocenters. The molecule has 1 atom stereocenters. The normalized spacial score (nSPS) is 12.7. The van der Waals surface area contributed by atoms with Crippen LogP contribution in [-0.4, -0.2) is 16.6 Å². The third-order valence-electron chi connectivity index (χ3n) is 3.00. The zero-order valence-corrected chi connectivity index (χ0v) is 11.8. The van der Waals surface area contributed by atoms with Gasteiger partial charge in [-0.1, -0.05) is 29.3 Å². The smallest absolute Gasteiger partial charge is 0.0946 e. The summed E-state index contributed by atoms with van der Waals surface area (Å²) in [6.07, 6.45) is 4.46. The van der Waals surface area contributed by atoms with Crippen LogP contribution in [0.4, 0.5) is 0 Å². The highest BCUT2D eigenvalue weighted by molar-refractivity contribution is 6.35. The van der Waals surface area contributed by atoms with Crippen LogP contribution in [0.1, 0.15) is 17.3 Å². The minimum absolute atomic E-state index is 0.177. The second kappa shape index (κ2) is 5.74. The van der Waals surface area contributed by atoms with Gasteiger partial charge in [0.15, 0.2) is 0 Å². The van der Waals surface area contributed by atoms with Crippen molar-refractivity contribution in [1.29, 1.82) is 0 Å². The number of aromatic nitrogens is 2. The summed E-state index contributed by atoms with van der Waals surface area (Å²) in [6.45, 7) is 0. The van der Waals surface area contributed by atoms with Gasteiger partial charge in [-0.2, -0.15) is 0 Å². The first-order valence-corrected chi connectivity index (χ1v) is 6.45. The SMILES string of the molecule is CNC(Cc1ccc(Cl)cc1Cl)c1cncn1C. The fourth-order valence-electron chi connectivity index (χ4n) is 1.96. The quantitative estimate of drug-likeness (QED) is 0.934. The maximum absolute atomic E-state index is 6.20. The molecule has 18 heavy (non-hydrogen) atoms. The molecule has 0 spiro atoms. The number of rotatable bonds is 4. The molecule has 0 radical (unpaired) electrons. The van der Waals surface area contributed by atoms with Crippen LogP contribution in [0, 0.1) is 0 Å². The Hall–Kier alpha value is -1.03. The average Bonchev–Trinajstić information content (AvgIpc) is 2.75. The third kappa shape index (κ3) is 2.86. The van der Waals surface area contributed by atoms with Gasteiger partial charge in [-0.3, -0.25) is 0 Å². The summed E-state index contributed by atoms with van der Waals surface area (Å²) in [7, 11) is 3.91. The number of likely N-dealkylation sites (N-methyl/N-ethyl adjacent to an activating group) is 1. The molecule has 3 nitrogen and oxygen atoms in total. The highest BCUT2D eigenvalue weighted by Crippen LogP contribution is 2.25. The van der Waals surface area contributed by atoms with Crippen LogP contribution in [0.25, 0.3) is 0 Å². The summed E-state index contributed by atoms with van der Waals surface area (Å²) < 4.78 is 2.00. The topological polar surface area (TPSA) is 29.9 Å². The molecule has 1 N–H and O–H groups in total. The van der Waals surface area contributed by atoms with E-state index in [0.29, 0.717) is 10.0 Å². The summed E-state index contributed by atoms with van der Waals surface area (Å²) in [4.78, 5) is 4.14. The Kier molecular flexibility index (Phi) is 4.27. The monoisotopic (exact) mass is 283 g/mol. The molecule has 1 heterocycles. The van der Waals surface area contributed by atoms with E-state index < -0.39 is 0 Å². The number of nitrogens with zero attached hydrogens (tertiary/aromatic N) is 2. The Bertz CT molecular complexity index is 537. The van der Waals surface area contributed by atoms with Gasteiger partial charge >= 0.3 is 0 Å². The van der Waals surface area contributed by atoms with Gasteiger partial charge in [0, 0.05) is 23.3 Å². The van der Waals surface area contributed by atoms with Crippen molar-refractivity contribution in [3.8, 4) is 0 Å². The van der Waals surface area contributed by atoms with Gasteiger partial charge in [-0.05, 0) is 31.2 Å². The van der Waals surface area contributed by atoms with E-state index in [4.69, 9.17) is 23.2 Å². The number of hydrogen-bond acceptors (Lipinski definition) is 2. The first kappa shape index (κ1) is 13.4. The van der Waals surface area contributed by atoms with Crippen LogP contribution in [0.2, 0.25) is 10.0 Å². The molecular formula is C13H15Cl2N3. The highest BCUT2D eigenvalue weighted by atomic mass is 35.5. The lowest BCUT2D eigenvalue weighted by molar-refractivity contribution is 0.555. The van der Waals surface area contributed by atoms with Crippen molar-refractivity contribution < 1.29 is 0 Å². The molecule has 1 aromatic heterocycles. The minimum atomic E-state index is 0.177. The molecule has 0 aliphatic heterocycles. The van der Waals surface area contributed by atoms with Crippen molar-refractivity contribution in [3.05, 3.63) is 52.0 Å². The largest absolute Gasteiger partial charge is 0.336 e. The fraction of sp³-hybridized carbons (Fsp3) is 0.308. The summed E-state index contributed by atoms with van der Waals surface area (Å²) in [5.74, 6) is 0. The van der Waals surface area contributed by atoms with E-state index >= 15 is 0 Å². The van der Waals surface area contributed by atoms with E-state index in [1.807, 2.05) is 37.0 Å². The average molecular weight is 284 g/mol. The summed E-state index contributed by atoms with van der Waals surface area (Å²) in [5, 5.41) is 4.64. The Morgan fingerprint density at radius 3 is 2.72 bits per heavy atom. The van der Waals surface area contributed by atoms with E-state index in [2.05, 4.69) is 10.3 Å². The highest BCUT2D eigenvalue weighted by Gasteiger charge is 2.15. The lowest BCUT2D eigenvalue weighted by atomic mass is 10.0. The molecule has 0 saturated carbocycles. The number of hydrogen-bond donors (Lipinski definition) is 1. The Morgan fingerprint density at radius 2 is 2.17 bits per heavy atom. The predicted molar refractivity (Wildman–Crippen MR) is 75.2 cm³/mol. The van der Waals surface area contributed by atoms with Crippen molar-refractivity contribution >= 4 is 23.2 Å². The lowest BCUT2D eigenvalue weighted by Crippen LogP contribution is -2.21. The van der Waals surface area contributed by atoms with E-state index in [-0.39, 0.29) is 6.04 Å². The first-order chi connectivity index (χ1) is 8.61. The summed E-state index contributed by atoms with van der Waals surface area (Å²) in [6, 6.07) is 5.77. The van der Waals surface area contributed by atoms with Crippen molar-refractivity contribution in [1.82, 2.24) is 14.9 Å². The number of benzene rings is 1. The zero-order valence-electron chi connectivity index (χ0n) is 10.3. The molecule has 2 rings (SSSR count). The number of nitrogens with one attached hydrogen (secondary N) is 1. The predicted octanol–water partition coefficient (Wildman–Crippen LogP) is 3.23. The molecule has 1 aromatic carbocycles. The van der Waals surface area contributed by atoms with Gasteiger partial charge in [-0.25, -0.2) is 4.98 Å². The molecule has 5 heteroatoms. The molecular weight excluding hydrogens is 269 g/mol. The van der Waals surface area contributed by atoms with Crippen LogP contribution in [0.3, 0.4) is 0 Å². The van der Waals surface area contributed by atoms with E-state index in [9.17, 15) is 0 Å². The van der Waals surface area contributed by atoms with Crippen molar-refractivity contribution in [3.63, 3.8) is 0 Å². The lowest BCUT2D eigenvalue weighted by Gasteiger charge is -2.17. The van der Waals surface area contributed by atoms with Gasteiger partial charge < -0.3 is 9.88 Å². The molecule has 0 fully saturated rings.